The molecule has 5 heteroatoms. The van der Waals surface area contributed by atoms with Crippen molar-refractivity contribution < 1.29 is 9.84 Å². The lowest BCUT2D eigenvalue weighted by molar-refractivity contribution is 0.00355. The van der Waals surface area contributed by atoms with E-state index < -0.39 is 0 Å². The first-order valence-electron chi connectivity index (χ1n) is 5.89. The van der Waals surface area contributed by atoms with E-state index in [4.69, 9.17) is 15.6 Å². The van der Waals surface area contributed by atoms with Crippen LogP contribution in [0.3, 0.4) is 0 Å². The molecule has 94 valence electrons. The van der Waals surface area contributed by atoms with Gasteiger partial charge in [-0.15, -0.1) is 0 Å². The van der Waals surface area contributed by atoms with E-state index >= 15 is 0 Å². The van der Waals surface area contributed by atoms with Gasteiger partial charge in [0.2, 0.25) is 0 Å². The SMILES string of the molecule is C[C@H](N)c1ccc(N2CCOC(CO)C2)cn1. The van der Waals surface area contributed by atoms with Gasteiger partial charge >= 0.3 is 0 Å². The molecule has 2 rings (SSSR count). The summed E-state index contributed by atoms with van der Waals surface area (Å²) in [5.41, 5.74) is 7.70. The monoisotopic (exact) mass is 237 g/mol. The molecule has 2 atom stereocenters. The van der Waals surface area contributed by atoms with E-state index in [9.17, 15) is 0 Å². The smallest absolute Gasteiger partial charge is 0.0980 e. The van der Waals surface area contributed by atoms with Gasteiger partial charge in [-0.1, -0.05) is 0 Å². The second-order valence-corrected chi connectivity index (χ2v) is 4.35. The maximum Gasteiger partial charge on any atom is 0.0980 e. The fourth-order valence-corrected chi connectivity index (χ4v) is 1.92. The van der Waals surface area contributed by atoms with Crippen LogP contribution < -0.4 is 10.6 Å². The van der Waals surface area contributed by atoms with Crippen LogP contribution in [0.1, 0.15) is 18.7 Å². The van der Waals surface area contributed by atoms with E-state index in [1.165, 1.54) is 0 Å². The molecule has 17 heavy (non-hydrogen) atoms. The minimum Gasteiger partial charge on any atom is -0.394 e. The number of anilines is 1. The van der Waals surface area contributed by atoms with E-state index in [2.05, 4.69) is 9.88 Å². The average molecular weight is 237 g/mol. The Morgan fingerprint density at radius 3 is 3.06 bits per heavy atom. The largest absolute Gasteiger partial charge is 0.394 e. The van der Waals surface area contributed by atoms with Crippen molar-refractivity contribution in [2.75, 3.05) is 31.2 Å². The molecule has 0 bridgehead atoms. The highest BCUT2D eigenvalue weighted by Crippen LogP contribution is 2.18. The third-order valence-corrected chi connectivity index (χ3v) is 2.94. The fourth-order valence-electron chi connectivity index (χ4n) is 1.92. The molecule has 1 aliphatic rings. The number of ether oxygens (including phenoxy) is 1. The third-order valence-electron chi connectivity index (χ3n) is 2.94. The molecule has 1 unspecified atom stereocenters. The van der Waals surface area contributed by atoms with E-state index in [1.807, 2.05) is 25.3 Å². The fraction of sp³-hybridized carbons (Fsp3) is 0.583. The van der Waals surface area contributed by atoms with Gasteiger partial charge in [0, 0.05) is 19.1 Å². The van der Waals surface area contributed by atoms with Gasteiger partial charge < -0.3 is 20.5 Å². The van der Waals surface area contributed by atoms with E-state index in [1.54, 1.807) is 0 Å². The van der Waals surface area contributed by atoms with E-state index in [-0.39, 0.29) is 18.8 Å². The molecule has 1 aliphatic heterocycles. The molecule has 1 aromatic heterocycles. The number of hydrogen-bond acceptors (Lipinski definition) is 5. The zero-order valence-corrected chi connectivity index (χ0v) is 10.0. The third kappa shape index (κ3) is 2.94. The van der Waals surface area contributed by atoms with Crippen LogP contribution in [0.4, 0.5) is 5.69 Å². The first-order valence-corrected chi connectivity index (χ1v) is 5.89. The van der Waals surface area contributed by atoms with Gasteiger partial charge in [-0.3, -0.25) is 4.98 Å². The van der Waals surface area contributed by atoms with Gasteiger partial charge in [0.05, 0.1) is 36.9 Å². The lowest BCUT2D eigenvalue weighted by atomic mass is 10.2. The summed E-state index contributed by atoms with van der Waals surface area (Å²) in [7, 11) is 0. The number of aromatic nitrogens is 1. The highest BCUT2D eigenvalue weighted by atomic mass is 16.5. The second kappa shape index (κ2) is 5.44. The zero-order valence-electron chi connectivity index (χ0n) is 10.0. The number of morpholine rings is 1. The van der Waals surface area contributed by atoms with Crippen LogP contribution in [0.25, 0.3) is 0 Å². The summed E-state index contributed by atoms with van der Waals surface area (Å²) in [4.78, 5) is 6.50. The molecule has 1 aromatic rings. The van der Waals surface area contributed by atoms with Gasteiger partial charge in [-0.2, -0.15) is 0 Å². The number of aliphatic hydroxyl groups is 1. The Morgan fingerprint density at radius 2 is 2.47 bits per heavy atom. The van der Waals surface area contributed by atoms with Crippen LogP contribution in [-0.2, 0) is 4.74 Å². The van der Waals surface area contributed by atoms with Gasteiger partial charge in [-0.05, 0) is 19.1 Å². The van der Waals surface area contributed by atoms with Crippen molar-refractivity contribution in [1.29, 1.82) is 0 Å². The van der Waals surface area contributed by atoms with E-state index in [0.717, 1.165) is 17.9 Å². The molecule has 1 saturated heterocycles. The Kier molecular flexibility index (Phi) is 3.93. The standard InChI is InChI=1S/C12H19N3O2/c1-9(13)12-3-2-10(6-14-12)15-4-5-17-11(7-15)8-16/h2-3,6,9,11,16H,4-5,7-8,13H2,1H3/t9-,11?/m0/s1. The lowest BCUT2D eigenvalue weighted by Crippen LogP contribution is -2.44. The molecule has 0 spiro atoms. The Bertz CT molecular complexity index is 353. The Balaban J connectivity index is 2.06. The van der Waals surface area contributed by atoms with E-state index in [0.29, 0.717) is 13.2 Å². The molecule has 0 radical (unpaired) electrons. The van der Waals surface area contributed by atoms with Crippen molar-refractivity contribution >= 4 is 5.69 Å². The van der Waals surface area contributed by atoms with Crippen molar-refractivity contribution in [3.8, 4) is 0 Å². The summed E-state index contributed by atoms with van der Waals surface area (Å²) in [5, 5.41) is 9.09. The number of hydrogen-bond donors (Lipinski definition) is 2. The molecule has 0 saturated carbocycles. The topological polar surface area (TPSA) is 71.6 Å². The lowest BCUT2D eigenvalue weighted by Gasteiger charge is -2.33. The molecule has 2 heterocycles. The first kappa shape index (κ1) is 12.3. The predicted octanol–water partition coefficient (Wildman–Crippen LogP) is 0.299. The predicted molar refractivity (Wildman–Crippen MR) is 65.9 cm³/mol. The quantitative estimate of drug-likeness (QED) is 0.791. The van der Waals surface area contributed by atoms with Gasteiger partial charge in [-0.25, -0.2) is 0 Å². The number of rotatable bonds is 3. The Hall–Kier alpha value is -1.17. The molecular formula is C12H19N3O2. The Morgan fingerprint density at radius 1 is 1.65 bits per heavy atom. The molecule has 3 N–H and O–H groups in total. The van der Waals surface area contributed by atoms with Crippen molar-refractivity contribution in [2.45, 2.75) is 19.1 Å². The van der Waals surface area contributed by atoms with Gasteiger partial charge in [0.25, 0.3) is 0 Å². The molecule has 0 aromatic carbocycles. The molecule has 0 aliphatic carbocycles. The van der Waals surface area contributed by atoms with Crippen LogP contribution in [0.2, 0.25) is 0 Å². The molecule has 0 amide bonds. The summed E-state index contributed by atoms with van der Waals surface area (Å²) in [5.74, 6) is 0. The number of nitrogens with zero attached hydrogens (tertiary/aromatic N) is 2. The van der Waals surface area contributed by atoms with Crippen molar-refractivity contribution in [3.63, 3.8) is 0 Å². The first-order chi connectivity index (χ1) is 8.20. The maximum atomic E-state index is 9.09. The van der Waals surface area contributed by atoms with Gasteiger partial charge in [0.15, 0.2) is 0 Å². The summed E-state index contributed by atoms with van der Waals surface area (Å²) < 4.78 is 5.41. The highest BCUT2D eigenvalue weighted by Gasteiger charge is 2.20. The highest BCUT2D eigenvalue weighted by molar-refractivity contribution is 5.45. The normalized spacial score (nSPS) is 22.5. The summed E-state index contributed by atoms with van der Waals surface area (Å²) in [6.45, 7) is 4.14. The molecular weight excluding hydrogens is 218 g/mol. The number of pyridine rings is 1. The van der Waals surface area contributed by atoms with Crippen LogP contribution in [-0.4, -0.2) is 42.5 Å². The summed E-state index contributed by atoms with van der Waals surface area (Å²) in [6, 6.07) is 3.92. The van der Waals surface area contributed by atoms with Crippen LogP contribution >= 0.6 is 0 Å². The molecule has 1 fully saturated rings. The second-order valence-electron chi connectivity index (χ2n) is 4.35. The minimum atomic E-state index is -0.100. The summed E-state index contributed by atoms with van der Waals surface area (Å²) in [6.07, 6.45) is 1.73. The maximum absolute atomic E-state index is 9.09. The Labute approximate surface area is 101 Å². The van der Waals surface area contributed by atoms with Crippen LogP contribution in [0.15, 0.2) is 18.3 Å². The minimum absolute atomic E-state index is 0.0427. The number of aliphatic hydroxyl groups excluding tert-OH is 1. The van der Waals surface area contributed by atoms with Crippen molar-refractivity contribution in [2.24, 2.45) is 5.73 Å². The van der Waals surface area contributed by atoms with Crippen LogP contribution in [0, 0.1) is 0 Å². The van der Waals surface area contributed by atoms with Gasteiger partial charge in [0.1, 0.15) is 0 Å². The summed E-state index contributed by atoms with van der Waals surface area (Å²) >= 11 is 0. The molecule has 5 nitrogen and oxygen atoms in total. The zero-order chi connectivity index (χ0) is 12.3. The van der Waals surface area contributed by atoms with Crippen molar-refractivity contribution in [1.82, 2.24) is 4.98 Å². The van der Waals surface area contributed by atoms with Crippen LogP contribution in [0.5, 0.6) is 0 Å². The van der Waals surface area contributed by atoms with Crippen molar-refractivity contribution in [3.05, 3.63) is 24.0 Å². The number of nitrogens with two attached hydrogens (primary N) is 1. The average Bonchev–Trinajstić information content (AvgIpc) is 2.39.